The van der Waals surface area contributed by atoms with E-state index in [9.17, 15) is 19.3 Å². The Morgan fingerprint density at radius 3 is 2.39 bits per heavy atom. The molecule has 3 rings (SSSR count). The molecule has 1 unspecified atom stereocenters. The second kappa shape index (κ2) is 8.75. The van der Waals surface area contributed by atoms with Gasteiger partial charge >= 0.3 is 0 Å². The second-order valence-electron chi connectivity index (χ2n) is 6.19. The molecule has 0 aliphatic heterocycles. The highest BCUT2D eigenvalue weighted by atomic mass is 79.9. The lowest BCUT2D eigenvalue weighted by Gasteiger charge is -2.20. The van der Waals surface area contributed by atoms with Gasteiger partial charge in [-0.25, -0.2) is 4.39 Å². The monoisotopic (exact) mass is 442 g/mol. The van der Waals surface area contributed by atoms with E-state index in [1.54, 1.807) is 12.1 Å². The standard InChI is InChI=1S/C21H16BrFN2O3/c22-16-8-4-14(5-9-16)20(13-21(26)15-6-10-17(23)11-7-15)24-18-2-1-3-19(12-18)25(27)28/h1-12,20,24H,13H2. The number of benzene rings is 3. The van der Waals surface area contributed by atoms with E-state index >= 15 is 0 Å². The van der Waals surface area contributed by atoms with Gasteiger partial charge in [0.15, 0.2) is 5.78 Å². The summed E-state index contributed by atoms with van der Waals surface area (Å²) in [7, 11) is 0. The fourth-order valence-electron chi connectivity index (χ4n) is 2.80. The highest BCUT2D eigenvalue weighted by Gasteiger charge is 2.18. The molecule has 1 N–H and O–H groups in total. The predicted octanol–water partition coefficient (Wildman–Crippen LogP) is 5.92. The number of halogens is 2. The molecule has 0 saturated heterocycles. The van der Waals surface area contributed by atoms with E-state index in [4.69, 9.17) is 0 Å². The average molecular weight is 443 g/mol. The number of nitrogens with zero attached hydrogens (tertiary/aromatic N) is 1. The molecule has 0 aliphatic carbocycles. The van der Waals surface area contributed by atoms with Crippen molar-refractivity contribution in [1.82, 2.24) is 0 Å². The summed E-state index contributed by atoms with van der Waals surface area (Å²) in [5.41, 5.74) is 1.76. The van der Waals surface area contributed by atoms with E-state index in [0.717, 1.165) is 10.0 Å². The van der Waals surface area contributed by atoms with Gasteiger partial charge in [0, 0.05) is 34.3 Å². The molecule has 5 nitrogen and oxygen atoms in total. The SMILES string of the molecule is O=C(CC(Nc1cccc([N+](=O)[O-])c1)c1ccc(Br)cc1)c1ccc(F)cc1. The molecular formula is C21H16BrFN2O3. The number of rotatable bonds is 7. The third-order valence-corrected chi connectivity index (χ3v) is 4.75. The minimum absolute atomic E-state index is 0.0376. The Morgan fingerprint density at radius 2 is 1.75 bits per heavy atom. The molecule has 0 fully saturated rings. The zero-order chi connectivity index (χ0) is 20.1. The first kappa shape index (κ1) is 19.7. The maximum Gasteiger partial charge on any atom is 0.271 e. The Labute approximate surface area is 169 Å². The van der Waals surface area contributed by atoms with Crippen molar-refractivity contribution in [2.45, 2.75) is 12.5 Å². The van der Waals surface area contributed by atoms with Gasteiger partial charge < -0.3 is 5.32 Å². The van der Waals surface area contributed by atoms with Gasteiger partial charge in [-0.1, -0.05) is 34.1 Å². The summed E-state index contributed by atoms with van der Waals surface area (Å²) in [6, 6.07) is 18.6. The number of ketones is 1. The number of non-ortho nitro benzene ring substituents is 1. The minimum atomic E-state index is -0.469. The molecule has 142 valence electrons. The molecule has 3 aromatic carbocycles. The Hall–Kier alpha value is -3.06. The van der Waals surface area contributed by atoms with Crippen molar-refractivity contribution in [3.8, 4) is 0 Å². The number of Topliss-reactive ketones (excluding diaryl/α,β-unsaturated/α-hetero) is 1. The smallest absolute Gasteiger partial charge is 0.271 e. The molecule has 0 radical (unpaired) electrons. The Bertz CT molecular complexity index is 991. The van der Waals surface area contributed by atoms with Crippen LogP contribution in [0.1, 0.15) is 28.4 Å². The van der Waals surface area contributed by atoms with Gasteiger partial charge in [-0.3, -0.25) is 14.9 Å². The molecule has 7 heteroatoms. The van der Waals surface area contributed by atoms with Gasteiger partial charge in [0.05, 0.1) is 11.0 Å². The first-order valence-corrected chi connectivity index (χ1v) is 9.27. The van der Waals surface area contributed by atoms with E-state index < -0.39 is 16.8 Å². The fourth-order valence-corrected chi connectivity index (χ4v) is 3.06. The topological polar surface area (TPSA) is 72.2 Å². The fraction of sp³-hybridized carbons (Fsp3) is 0.0952. The van der Waals surface area contributed by atoms with Gasteiger partial charge in [-0.15, -0.1) is 0 Å². The number of carbonyl (C=O) groups is 1. The van der Waals surface area contributed by atoms with Crippen LogP contribution in [-0.4, -0.2) is 10.7 Å². The zero-order valence-electron chi connectivity index (χ0n) is 14.6. The highest BCUT2D eigenvalue weighted by Crippen LogP contribution is 2.27. The van der Waals surface area contributed by atoms with Gasteiger partial charge in [0.1, 0.15) is 5.82 Å². The van der Waals surface area contributed by atoms with E-state index in [2.05, 4.69) is 21.2 Å². The Kier molecular flexibility index (Phi) is 6.16. The van der Waals surface area contributed by atoms with Crippen molar-refractivity contribution in [3.05, 3.63) is 104 Å². The lowest BCUT2D eigenvalue weighted by Crippen LogP contribution is -2.16. The lowest BCUT2D eigenvalue weighted by molar-refractivity contribution is -0.384. The summed E-state index contributed by atoms with van der Waals surface area (Å²) in [6.07, 6.45) is 0.107. The van der Waals surface area contributed by atoms with Crippen molar-refractivity contribution in [1.29, 1.82) is 0 Å². The summed E-state index contributed by atoms with van der Waals surface area (Å²) < 4.78 is 14.0. The highest BCUT2D eigenvalue weighted by molar-refractivity contribution is 9.10. The van der Waals surface area contributed by atoms with Crippen molar-refractivity contribution in [2.24, 2.45) is 0 Å². The lowest BCUT2D eigenvalue weighted by atomic mass is 9.97. The maximum absolute atomic E-state index is 13.1. The summed E-state index contributed by atoms with van der Waals surface area (Å²) in [6.45, 7) is 0. The molecule has 0 spiro atoms. The summed E-state index contributed by atoms with van der Waals surface area (Å²) >= 11 is 3.38. The van der Waals surface area contributed by atoms with Crippen LogP contribution in [0.4, 0.5) is 15.8 Å². The van der Waals surface area contributed by atoms with E-state index in [-0.39, 0.29) is 17.9 Å². The van der Waals surface area contributed by atoms with Crippen molar-refractivity contribution in [3.63, 3.8) is 0 Å². The molecule has 0 aliphatic rings. The summed E-state index contributed by atoms with van der Waals surface area (Å²) in [4.78, 5) is 23.2. The van der Waals surface area contributed by atoms with Crippen molar-refractivity contribution >= 4 is 33.1 Å². The number of hydrogen-bond acceptors (Lipinski definition) is 4. The van der Waals surface area contributed by atoms with Crippen LogP contribution in [0.2, 0.25) is 0 Å². The van der Waals surface area contributed by atoms with Crippen LogP contribution >= 0.6 is 15.9 Å². The molecule has 0 saturated carbocycles. The average Bonchev–Trinajstić information content (AvgIpc) is 2.68. The largest absolute Gasteiger partial charge is 0.378 e. The number of anilines is 1. The van der Waals surface area contributed by atoms with Crippen LogP contribution in [0.15, 0.2) is 77.3 Å². The normalized spacial score (nSPS) is 11.6. The molecule has 0 aromatic heterocycles. The molecule has 0 amide bonds. The van der Waals surface area contributed by atoms with Crippen LogP contribution < -0.4 is 5.32 Å². The Balaban J connectivity index is 1.87. The number of carbonyl (C=O) groups excluding carboxylic acids is 1. The molecule has 0 bridgehead atoms. The van der Waals surface area contributed by atoms with Crippen LogP contribution in [0.3, 0.4) is 0 Å². The molecule has 0 heterocycles. The number of nitro benzene ring substituents is 1. The first-order chi connectivity index (χ1) is 13.4. The van der Waals surface area contributed by atoms with Gasteiger partial charge in [-0.2, -0.15) is 0 Å². The van der Waals surface area contributed by atoms with Crippen LogP contribution in [0.25, 0.3) is 0 Å². The van der Waals surface area contributed by atoms with Crippen LogP contribution in [0.5, 0.6) is 0 Å². The third kappa shape index (κ3) is 5.01. The molecular weight excluding hydrogens is 427 g/mol. The van der Waals surface area contributed by atoms with Crippen molar-refractivity contribution < 1.29 is 14.1 Å². The summed E-state index contributed by atoms with van der Waals surface area (Å²) in [5.74, 6) is -0.568. The van der Waals surface area contributed by atoms with Gasteiger partial charge in [0.25, 0.3) is 5.69 Å². The second-order valence-corrected chi connectivity index (χ2v) is 7.11. The minimum Gasteiger partial charge on any atom is -0.378 e. The number of nitrogens with one attached hydrogen (secondary N) is 1. The number of hydrogen-bond donors (Lipinski definition) is 1. The van der Waals surface area contributed by atoms with Gasteiger partial charge in [-0.05, 0) is 48.0 Å². The summed E-state index contributed by atoms with van der Waals surface area (Å²) in [5, 5.41) is 14.2. The predicted molar refractivity (Wildman–Crippen MR) is 109 cm³/mol. The van der Waals surface area contributed by atoms with E-state index in [1.165, 1.54) is 36.4 Å². The number of nitro groups is 1. The Morgan fingerprint density at radius 1 is 1.07 bits per heavy atom. The van der Waals surface area contributed by atoms with Crippen molar-refractivity contribution in [2.75, 3.05) is 5.32 Å². The maximum atomic E-state index is 13.1. The molecule has 3 aromatic rings. The van der Waals surface area contributed by atoms with E-state index in [0.29, 0.717) is 11.3 Å². The quantitative estimate of drug-likeness (QED) is 0.280. The first-order valence-electron chi connectivity index (χ1n) is 8.47. The van der Waals surface area contributed by atoms with E-state index in [1.807, 2.05) is 24.3 Å². The van der Waals surface area contributed by atoms with Gasteiger partial charge in [0.2, 0.25) is 0 Å². The molecule has 1 atom stereocenters. The van der Waals surface area contributed by atoms with Crippen LogP contribution in [-0.2, 0) is 0 Å². The zero-order valence-corrected chi connectivity index (χ0v) is 16.2. The third-order valence-electron chi connectivity index (χ3n) is 4.23. The molecule has 28 heavy (non-hydrogen) atoms. The van der Waals surface area contributed by atoms with Crippen LogP contribution in [0, 0.1) is 15.9 Å².